The number of ether oxygens (including phenoxy) is 3. The predicted molar refractivity (Wildman–Crippen MR) is 137 cm³/mol. The van der Waals surface area contributed by atoms with Crippen LogP contribution in [0.3, 0.4) is 0 Å². The maximum absolute atomic E-state index is 14.0. The van der Waals surface area contributed by atoms with E-state index in [0.717, 1.165) is 24.8 Å². The van der Waals surface area contributed by atoms with Gasteiger partial charge in [-0.3, -0.25) is 19.8 Å². The fraction of sp³-hybridized carbons (Fsp3) is 0.714. The summed E-state index contributed by atoms with van der Waals surface area (Å²) in [5.41, 5.74) is 0.380. The fourth-order valence-corrected chi connectivity index (χ4v) is 8.50. The number of ketones is 2. The Morgan fingerprint density at radius 1 is 1.28 bits per heavy atom. The Morgan fingerprint density at radius 2 is 2.05 bits per heavy atom. The summed E-state index contributed by atoms with van der Waals surface area (Å²) in [4.78, 5) is 49.6. The summed E-state index contributed by atoms with van der Waals surface area (Å²) in [5.74, 6) is 3.99. The van der Waals surface area contributed by atoms with E-state index < -0.39 is 59.3 Å². The number of Topliss-reactive ketones (excluding diaryl/α,β-unsaturated/α-hetero) is 1. The number of fused-ring (bicyclic) bond motifs is 7. The number of carbonyl (C=O) groups is 4. The molecule has 4 fully saturated rings. The second-order valence-corrected chi connectivity index (χ2v) is 12.1. The first-order valence-electron chi connectivity index (χ1n) is 13.9. The number of aliphatic hydroxyl groups excluding tert-OH is 1. The average Bonchev–Trinajstić information content (AvgIpc) is 3.38. The zero-order chi connectivity index (χ0) is 28.2. The smallest absolute Gasteiger partial charge is 0.408 e. The predicted octanol–water partition coefficient (Wildman–Crippen LogP) is 1.44. The molecule has 0 spiro atoms. The molecular formula is C28H39N3O8. The SMILES string of the molecule is CCCC1OC2C[C@H]3C4CCC5=CC(=O)C=C[C@]5(C)[C@H]4[C@@H](O)C[C@]3(C)[C@]2(C(=O)COC(=O)NCC(=O)NN)O1. The molecule has 5 rings (SSSR count). The van der Waals surface area contributed by atoms with Gasteiger partial charge in [-0.15, -0.1) is 0 Å². The first-order chi connectivity index (χ1) is 18.5. The number of nitrogens with one attached hydrogen (secondary N) is 2. The molecule has 1 aliphatic heterocycles. The van der Waals surface area contributed by atoms with Gasteiger partial charge in [-0.1, -0.05) is 38.8 Å². The zero-order valence-corrected chi connectivity index (χ0v) is 22.7. The molecule has 9 atom stereocenters. The van der Waals surface area contributed by atoms with Crippen LogP contribution in [0.1, 0.15) is 59.3 Å². The van der Waals surface area contributed by atoms with Crippen LogP contribution >= 0.6 is 0 Å². The Bertz CT molecular complexity index is 1120. The number of nitrogens with two attached hydrogens (primary N) is 1. The normalized spacial score (nSPS) is 42.0. The minimum absolute atomic E-state index is 0.0209. The lowest BCUT2D eigenvalue weighted by Gasteiger charge is -2.59. The summed E-state index contributed by atoms with van der Waals surface area (Å²) in [6.07, 6.45) is 6.37. The van der Waals surface area contributed by atoms with Gasteiger partial charge in [0.2, 0.25) is 5.78 Å². The maximum Gasteiger partial charge on any atom is 0.408 e. The standard InChI is InChI=1S/C28H39N3O8/c1-4-5-23-38-21-11-18-17-7-6-15-10-16(32)8-9-26(15,2)24(17)19(33)12-27(18,3)28(21,39-23)20(34)14-37-25(36)30-13-22(35)31-29/h8-10,17-19,21,23-24,33H,4-7,11-14,29H2,1-3H3,(H,30,36)(H,31,35)/t17?,18-,19-,21?,23?,24+,26-,27-,28+/m0/s1. The molecule has 11 heteroatoms. The van der Waals surface area contributed by atoms with Gasteiger partial charge in [0.15, 0.2) is 24.3 Å². The lowest BCUT2D eigenvalue weighted by molar-refractivity contribution is -0.200. The molecule has 5 N–H and O–H groups in total. The van der Waals surface area contributed by atoms with Crippen LogP contribution < -0.4 is 16.6 Å². The van der Waals surface area contributed by atoms with Crippen molar-refractivity contribution in [3.63, 3.8) is 0 Å². The van der Waals surface area contributed by atoms with Crippen LogP contribution in [-0.2, 0) is 28.6 Å². The van der Waals surface area contributed by atoms with E-state index in [9.17, 15) is 24.3 Å². The molecule has 0 radical (unpaired) electrons. The van der Waals surface area contributed by atoms with Crippen LogP contribution in [0.15, 0.2) is 23.8 Å². The second kappa shape index (κ2) is 10.1. The van der Waals surface area contributed by atoms with E-state index in [1.165, 1.54) is 0 Å². The van der Waals surface area contributed by atoms with E-state index in [1.807, 2.05) is 25.3 Å². The third-order valence-corrected chi connectivity index (χ3v) is 10.1. The highest BCUT2D eigenvalue weighted by atomic mass is 16.7. The summed E-state index contributed by atoms with van der Waals surface area (Å²) in [5, 5.41) is 14.0. The van der Waals surface area contributed by atoms with E-state index >= 15 is 0 Å². The molecule has 39 heavy (non-hydrogen) atoms. The van der Waals surface area contributed by atoms with Crippen LogP contribution in [0.2, 0.25) is 0 Å². The fourth-order valence-electron chi connectivity index (χ4n) is 8.50. The number of hydrogen-bond acceptors (Lipinski definition) is 9. The highest BCUT2D eigenvalue weighted by Crippen LogP contribution is 2.69. The first kappa shape index (κ1) is 27.9. The van der Waals surface area contributed by atoms with Crippen molar-refractivity contribution in [3.05, 3.63) is 23.8 Å². The third kappa shape index (κ3) is 4.25. The molecule has 11 nitrogen and oxygen atoms in total. The molecule has 5 aliphatic rings. The minimum Gasteiger partial charge on any atom is -0.441 e. The molecule has 3 saturated carbocycles. The summed E-state index contributed by atoms with van der Waals surface area (Å²) < 4.78 is 18.1. The molecule has 1 heterocycles. The van der Waals surface area contributed by atoms with Crippen molar-refractivity contribution in [1.29, 1.82) is 0 Å². The number of hydrazine groups is 1. The van der Waals surface area contributed by atoms with Crippen LogP contribution in [0.5, 0.6) is 0 Å². The number of aliphatic hydroxyl groups is 1. The molecule has 0 aromatic heterocycles. The van der Waals surface area contributed by atoms with Crippen molar-refractivity contribution < 1.29 is 38.5 Å². The average molecular weight is 546 g/mol. The lowest BCUT2D eigenvalue weighted by Crippen LogP contribution is -2.63. The molecule has 1 saturated heterocycles. The third-order valence-electron chi connectivity index (χ3n) is 10.1. The monoisotopic (exact) mass is 545 g/mol. The lowest BCUT2D eigenvalue weighted by atomic mass is 9.46. The van der Waals surface area contributed by atoms with E-state index in [-0.39, 0.29) is 30.1 Å². The quantitative estimate of drug-likeness (QED) is 0.210. The number of hydrogen-bond donors (Lipinski definition) is 4. The van der Waals surface area contributed by atoms with Crippen molar-refractivity contribution in [2.24, 2.45) is 34.4 Å². The summed E-state index contributed by atoms with van der Waals surface area (Å²) in [7, 11) is 0. The van der Waals surface area contributed by atoms with Crippen molar-refractivity contribution in [2.75, 3.05) is 13.2 Å². The Balaban J connectivity index is 1.43. The largest absolute Gasteiger partial charge is 0.441 e. The van der Waals surface area contributed by atoms with E-state index in [4.69, 9.17) is 20.1 Å². The Morgan fingerprint density at radius 3 is 2.77 bits per heavy atom. The van der Waals surface area contributed by atoms with Crippen molar-refractivity contribution in [3.8, 4) is 0 Å². The van der Waals surface area contributed by atoms with Crippen LogP contribution in [0.4, 0.5) is 4.79 Å². The van der Waals surface area contributed by atoms with Gasteiger partial charge in [0.1, 0.15) is 6.54 Å². The summed E-state index contributed by atoms with van der Waals surface area (Å²) >= 11 is 0. The highest BCUT2D eigenvalue weighted by molar-refractivity contribution is 6.01. The van der Waals surface area contributed by atoms with Crippen molar-refractivity contribution in [2.45, 2.75) is 83.4 Å². The van der Waals surface area contributed by atoms with Gasteiger partial charge >= 0.3 is 6.09 Å². The Labute approximate surface area is 227 Å². The van der Waals surface area contributed by atoms with Crippen LogP contribution in [0.25, 0.3) is 0 Å². The Kier molecular flexibility index (Phi) is 7.24. The first-order valence-corrected chi connectivity index (χ1v) is 13.9. The van der Waals surface area contributed by atoms with E-state index in [1.54, 1.807) is 12.2 Å². The van der Waals surface area contributed by atoms with Crippen molar-refractivity contribution >= 4 is 23.6 Å². The molecule has 0 aromatic rings. The van der Waals surface area contributed by atoms with Crippen LogP contribution in [0, 0.1) is 28.6 Å². The molecule has 0 aromatic carbocycles. The number of carbonyl (C=O) groups excluding carboxylic acids is 4. The number of allylic oxidation sites excluding steroid dienone is 4. The Hall–Kier alpha value is -2.60. The molecule has 2 amide bonds. The highest BCUT2D eigenvalue weighted by Gasteiger charge is 2.75. The summed E-state index contributed by atoms with van der Waals surface area (Å²) in [6, 6.07) is 0. The number of amides is 2. The van der Waals surface area contributed by atoms with Gasteiger partial charge in [0.05, 0.1) is 12.2 Å². The van der Waals surface area contributed by atoms with E-state index in [2.05, 4.69) is 12.2 Å². The van der Waals surface area contributed by atoms with Gasteiger partial charge in [0, 0.05) is 16.7 Å². The molecule has 0 bridgehead atoms. The van der Waals surface area contributed by atoms with Crippen LogP contribution in [-0.4, -0.2) is 65.9 Å². The van der Waals surface area contributed by atoms with E-state index in [0.29, 0.717) is 19.3 Å². The number of alkyl carbamates (subject to hydrolysis) is 1. The van der Waals surface area contributed by atoms with Gasteiger partial charge in [-0.05, 0) is 56.1 Å². The number of rotatable bonds is 7. The van der Waals surface area contributed by atoms with Gasteiger partial charge in [-0.25, -0.2) is 10.6 Å². The minimum atomic E-state index is -1.38. The molecular weight excluding hydrogens is 506 g/mol. The van der Waals surface area contributed by atoms with Gasteiger partial charge in [0.25, 0.3) is 5.91 Å². The molecule has 4 aliphatic carbocycles. The molecule has 214 valence electrons. The van der Waals surface area contributed by atoms with Gasteiger partial charge < -0.3 is 24.6 Å². The van der Waals surface area contributed by atoms with Crippen molar-refractivity contribution in [1.82, 2.24) is 10.7 Å². The molecule has 3 unspecified atom stereocenters. The second-order valence-electron chi connectivity index (χ2n) is 12.1. The zero-order valence-electron chi connectivity index (χ0n) is 22.7. The van der Waals surface area contributed by atoms with Gasteiger partial charge in [-0.2, -0.15) is 0 Å². The maximum atomic E-state index is 14.0. The summed E-state index contributed by atoms with van der Waals surface area (Å²) in [6.45, 7) is 5.17. The topological polar surface area (TPSA) is 166 Å².